The Morgan fingerprint density at radius 2 is 1.69 bits per heavy atom. The molecule has 0 radical (unpaired) electrons. The average molecular weight is 453 g/mol. The van der Waals surface area contributed by atoms with E-state index in [4.69, 9.17) is 0 Å². The summed E-state index contributed by atoms with van der Waals surface area (Å²) in [5.41, 5.74) is 5.46. The molecule has 1 aromatic heterocycles. The van der Waals surface area contributed by atoms with Crippen LogP contribution in [0.15, 0.2) is 53.4 Å². The number of likely N-dealkylation sites (tertiary alicyclic amines) is 1. The highest BCUT2D eigenvalue weighted by molar-refractivity contribution is 7.92. The highest BCUT2D eigenvalue weighted by Gasteiger charge is 2.20. The predicted molar refractivity (Wildman–Crippen MR) is 129 cm³/mol. The minimum absolute atomic E-state index is 0.242. The third-order valence-electron chi connectivity index (χ3n) is 6.53. The molecular weight excluding hydrogens is 420 g/mol. The van der Waals surface area contributed by atoms with E-state index in [0.29, 0.717) is 11.4 Å². The molecule has 0 spiro atoms. The van der Waals surface area contributed by atoms with Crippen LogP contribution < -0.4 is 4.72 Å². The molecule has 0 unspecified atom stereocenters. The molecular formula is C25H32N4O2S. The van der Waals surface area contributed by atoms with Crippen molar-refractivity contribution in [1.29, 1.82) is 0 Å². The number of nitrogens with zero attached hydrogens (tertiary/aromatic N) is 3. The zero-order chi connectivity index (χ0) is 22.9. The summed E-state index contributed by atoms with van der Waals surface area (Å²) < 4.78 is 30.2. The first kappa shape index (κ1) is 22.6. The van der Waals surface area contributed by atoms with E-state index < -0.39 is 10.0 Å². The summed E-state index contributed by atoms with van der Waals surface area (Å²) in [7, 11) is 0.308. The van der Waals surface area contributed by atoms with Crippen molar-refractivity contribution in [2.45, 2.75) is 38.0 Å². The van der Waals surface area contributed by atoms with E-state index in [1.54, 1.807) is 30.8 Å². The quantitative estimate of drug-likeness (QED) is 0.602. The lowest BCUT2D eigenvalue weighted by Gasteiger charge is -2.29. The largest absolute Gasteiger partial charge is 0.306 e. The SMILES string of the molecule is Cc1nn(C)c(C)c1NS(=O)(=O)c1ccc(-c2cccc(CC3CCN(C)CC3)c2)cc1. The Morgan fingerprint density at radius 3 is 2.31 bits per heavy atom. The van der Waals surface area contributed by atoms with E-state index in [9.17, 15) is 8.42 Å². The van der Waals surface area contributed by atoms with Crippen molar-refractivity contribution >= 4 is 15.7 Å². The molecule has 1 aliphatic heterocycles. The van der Waals surface area contributed by atoms with Gasteiger partial charge in [-0.15, -0.1) is 0 Å². The first-order chi connectivity index (χ1) is 15.2. The van der Waals surface area contributed by atoms with Crippen LogP contribution in [0.4, 0.5) is 5.69 Å². The molecule has 1 fully saturated rings. The lowest BCUT2D eigenvalue weighted by atomic mass is 9.89. The van der Waals surface area contributed by atoms with E-state index in [0.717, 1.165) is 29.2 Å². The second-order valence-electron chi connectivity index (χ2n) is 8.95. The van der Waals surface area contributed by atoms with Crippen molar-refractivity contribution < 1.29 is 8.42 Å². The summed E-state index contributed by atoms with van der Waals surface area (Å²) in [5, 5.41) is 4.28. The standard InChI is InChI=1S/C25H32N4O2S/c1-18-25(19(2)29(4)26-18)27-32(30,31)24-10-8-22(9-11-24)23-7-5-6-21(17-23)16-20-12-14-28(3)15-13-20/h5-11,17,20,27H,12-16H2,1-4H3. The molecule has 0 aliphatic carbocycles. The van der Waals surface area contributed by atoms with Crippen LogP contribution in [-0.4, -0.2) is 43.2 Å². The first-order valence-corrected chi connectivity index (χ1v) is 12.6. The van der Waals surface area contributed by atoms with Crippen molar-refractivity contribution in [2.24, 2.45) is 13.0 Å². The number of aromatic nitrogens is 2. The molecule has 2 aromatic carbocycles. The Balaban J connectivity index is 1.50. The van der Waals surface area contributed by atoms with E-state index >= 15 is 0 Å². The van der Waals surface area contributed by atoms with Gasteiger partial charge >= 0.3 is 0 Å². The lowest BCUT2D eigenvalue weighted by Crippen LogP contribution is -2.30. The summed E-state index contributed by atoms with van der Waals surface area (Å²) in [4.78, 5) is 2.64. The fourth-order valence-corrected chi connectivity index (χ4v) is 5.59. The van der Waals surface area contributed by atoms with Gasteiger partial charge in [0.05, 0.1) is 22.0 Å². The molecule has 1 N–H and O–H groups in total. The van der Waals surface area contributed by atoms with Gasteiger partial charge in [-0.05, 0) is 88.0 Å². The zero-order valence-electron chi connectivity index (χ0n) is 19.3. The third-order valence-corrected chi connectivity index (χ3v) is 7.90. The Kier molecular flexibility index (Phi) is 6.40. The number of aryl methyl sites for hydroxylation is 2. The Hall–Kier alpha value is -2.64. The molecule has 4 rings (SSSR count). The topological polar surface area (TPSA) is 67.2 Å². The normalized spacial score (nSPS) is 15.8. The minimum Gasteiger partial charge on any atom is -0.306 e. The molecule has 7 heteroatoms. The smallest absolute Gasteiger partial charge is 0.262 e. The number of benzene rings is 2. The monoisotopic (exact) mass is 452 g/mol. The number of anilines is 1. The molecule has 0 bridgehead atoms. The Labute approximate surface area is 191 Å². The Bertz CT molecular complexity index is 1190. The molecule has 32 heavy (non-hydrogen) atoms. The van der Waals surface area contributed by atoms with Gasteiger partial charge in [-0.25, -0.2) is 8.42 Å². The third kappa shape index (κ3) is 4.89. The fraction of sp³-hybridized carbons (Fsp3) is 0.400. The molecule has 0 atom stereocenters. The molecule has 0 saturated carbocycles. The van der Waals surface area contributed by atoms with Crippen LogP contribution in [0.1, 0.15) is 29.8 Å². The van der Waals surface area contributed by atoms with Crippen LogP contribution in [0.25, 0.3) is 11.1 Å². The van der Waals surface area contributed by atoms with Gasteiger partial charge in [0.1, 0.15) is 0 Å². The molecule has 2 heterocycles. The van der Waals surface area contributed by atoms with Crippen molar-refractivity contribution in [3.63, 3.8) is 0 Å². The van der Waals surface area contributed by atoms with Crippen LogP contribution in [0, 0.1) is 19.8 Å². The predicted octanol–water partition coefficient (Wildman–Crippen LogP) is 4.39. The molecule has 170 valence electrons. The van der Waals surface area contributed by atoms with Gasteiger partial charge in [0.2, 0.25) is 0 Å². The summed E-state index contributed by atoms with van der Waals surface area (Å²) in [5.74, 6) is 0.736. The average Bonchev–Trinajstić information content (AvgIpc) is 3.01. The van der Waals surface area contributed by atoms with Gasteiger partial charge < -0.3 is 4.90 Å². The maximum Gasteiger partial charge on any atom is 0.262 e. The molecule has 1 saturated heterocycles. The fourth-order valence-electron chi connectivity index (χ4n) is 4.42. The molecule has 6 nitrogen and oxygen atoms in total. The minimum atomic E-state index is -3.68. The molecule has 1 aliphatic rings. The second kappa shape index (κ2) is 9.08. The van der Waals surface area contributed by atoms with Crippen molar-refractivity contribution in [3.05, 3.63) is 65.5 Å². The summed E-state index contributed by atoms with van der Waals surface area (Å²) in [6, 6.07) is 15.7. The summed E-state index contributed by atoms with van der Waals surface area (Å²) >= 11 is 0. The van der Waals surface area contributed by atoms with Crippen LogP contribution in [0.3, 0.4) is 0 Å². The first-order valence-electron chi connectivity index (χ1n) is 11.1. The maximum atomic E-state index is 12.9. The number of rotatable bonds is 6. The summed E-state index contributed by atoms with van der Waals surface area (Å²) in [6.07, 6.45) is 3.59. The van der Waals surface area contributed by atoms with Crippen LogP contribution in [0.2, 0.25) is 0 Å². The van der Waals surface area contributed by atoms with Crippen molar-refractivity contribution in [2.75, 3.05) is 24.9 Å². The van der Waals surface area contributed by atoms with E-state index in [-0.39, 0.29) is 4.90 Å². The van der Waals surface area contributed by atoms with E-state index in [2.05, 4.69) is 46.0 Å². The lowest BCUT2D eigenvalue weighted by molar-refractivity contribution is 0.219. The van der Waals surface area contributed by atoms with E-state index in [1.165, 1.54) is 31.5 Å². The van der Waals surface area contributed by atoms with Crippen molar-refractivity contribution in [1.82, 2.24) is 14.7 Å². The highest BCUT2D eigenvalue weighted by atomic mass is 32.2. The molecule has 0 amide bonds. The highest BCUT2D eigenvalue weighted by Crippen LogP contribution is 2.27. The second-order valence-corrected chi connectivity index (χ2v) is 10.6. The number of hydrogen-bond acceptors (Lipinski definition) is 4. The van der Waals surface area contributed by atoms with Gasteiger partial charge in [0, 0.05) is 7.05 Å². The van der Waals surface area contributed by atoms with Gasteiger partial charge in [-0.2, -0.15) is 5.10 Å². The van der Waals surface area contributed by atoms with Crippen LogP contribution >= 0.6 is 0 Å². The van der Waals surface area contributed by atoms with Crippen LogP contribution in [-0.2, 0) is 23.5 Å². The number of sulfonamides is 1. The summed E-state index contributed by atoms with van der Waals surface area (Å²) in [6.45, 7) is 5.99. The van der Waals surface area contributed by atoms with Gasteiger partial charge in [-0.1, -0.05) is 36.4 Å². The van der Waals surface area contributed by atoms with Gasteiger partial charge in [-0.3, -0.25) is 9.40 Å². The zero-order valence-corrected chi connectivity index (χ0v) is 20.1. The number of piperidine rings is 1. The van der Waals surface area contributed by atoms with E-state index in [1.807, 2.05) is 19.1 Å². The number of nitrogens with one attached hydrogen (secondary N) is 1. The molecule has 3 aromatic rings. The number of hydrogen-bond donors (Lipinski definition) is 1. The maximum absolute atomic E-state index is 12.9. The van der Waals surface area contributed by atoms with Crippen LogP contribution in [0.5, 0.6) is 0 Å². The van der Waals surface area contributed by atoms with Crippen molar-refractivity contribution in [3.8, 4) is 11.1 Å². The Morgan fingerprint density at radius 1 is 1.00 bits per heavy atom. The van der Waals surface area contributed by atoms with Gasteiger partial charge in [0.15, 0.2) is 0 Å². The van der Waals surface area contributed by atoms with Gasteiger partial charge in [0.25, 0.3) is 10.0 Å².